The van der Waals surface area contributed by atoms with Gasteiger partial charge in [-0.25, -0.2) is 0 Å². The molecule has 0 aliphatic rings. The Morgan fingerprint density at radius 3 is 2.35 bits per heavy atom. The molecule has 7 heteroatoms. The average molecular weight is 264 g/mol. The Bertz CT molecular complexity index is 378. The summed E-state index contributed by atoms with van der Waals surface area (Å²) in [6, 6.07) is 5.49. The van der Waals surface area contributed by atoms with E-state index < -0.39 is 5.51 Å². The standard InChI is InChI=1S/C10H11F3N2OS/c1-14-6-9(16)15-7-2-4-8(5-3-7)17-10(11,12)13/h2-5,14H,6H2,1H3,(H,15,16). The van der Waals surface area contributed by atoms with Gasteiger partial charge in [-0.15, -0.1) is 0 Å². The molecule has 0 saturated heterocycles. The van der Waals surface area contributed by atoms with Gasteiger partial charge >= 0.3 is 5.51 Å². The molecule has 0 spiro atoms. The van der Waals surface area contributed by atoms with Crippen LogP contribution in [0.3, 0.4) is 0 Å². The Balaban J connectivity index is 2.59. The molecule has 0 saturated carbocycles. The van der Waals surface area contributed by atoms with E-state index >= 15 is 0 Å². The third-order valence-corrected chi connectivity index (χ3v) is 2.45. The van der Waals surface area contributed by atoms with Gasteiger partial charge in [-0.1, -0.05) is 0 Å². The van der Waals surface area contributed by atoms with Gasteiger partial charge in [-0.2, -0.15) is 13.2 Å². The van der Waals surface area contributed by atoms with Crippen LogP contribution in [0.5, 0.6) is 0 Å². The lowest BCUT2D eigenvalue weighted by Gasteiger charge is -2.07. The van der Waals surface area contributed by atoms with E-state index in [2.05, 4.69) is 10.6 Å². The topological polar surface area (TPSA) is 41.1 Å². The van der Waals surface area contributed by atoms with Gasteiger partial charge in [-0.3, -0.25) is 4.79 Å². The molecular weight excluding hydrogens is 253 g/mol. The van der Waals surface area contributed by atoms with Crippen LogP contribution in [-0.2, 0) is 4.79 Å². The van der Waals surface area contributed by atoms with Crippen molar-refractivity contribution in [2.75, 3.05) is 18.9 Å². The fraction of sp³-hybridized carbons (Fsp3) is 0.300. The van der Waals surface area contributed by atoms with E-state index in [0.29, 0.717) is 5.69 Å². The SMILES string of the molecule is CNCC(=O)Nc1ccc(SC(F)(F)F)cc1. The van der Waals surface area contributed by atoms with Gasteiger partial charge in [0.05, 0.1) is 6.54 Å². The molecule has 1 aromatic carbocycles. The minimum Gasteiger partial charge on any atom is -0.325 e. The number of likely N-dealkylation sites (N-methyl/N-ethyl adjacent to an activating group) is 1. The molecule has 0 aliphatic carbocycles. The molecular formula is C10H11F3N2OS. The number of hydrogen-bond donors (Lipinski definition) is 2. The summed E-state index contributed by atoms with van der Waals surface area (Å²) in [4.78, 5) is 11.3. The van der Waals surface area contributed by atoms with Crippen molar-refractivity contribution in [3.63, 3.8) is 0 Å². The lowest BCUT2D eigenvalue weighted by Crippen LogP contribution is -2.24. The number of alkyl halides is 3. The van der Waals surface area contributed by atoms with Crippen molar-refractivity contribution in [2.24, 2.45) is 0 Å². The smallest absolute Gasteiger partial charge is 0.325 e. The zero-order valence-electron chi connectivity index (χ0n) is 8.97. The summed E-state index contributed by atoms with van der Waals surface area (Å²) in [5.41, 5.74) is -3.83. The van der Waals surface area contributed by atoms with Crippen LogP contribution in [0.15, 0.2) is 29.2 Å². The van der Waals surface area contributed by atoms with Crippen molar-refractivity contribution in [1.29, 1.82) is 0 Å². The molecule has 17 heavy (non-hydrogen) atoms. The zero-order chi connectivity index (χ0) is 12.9. The first-order valence-corrected chi connectivity index (χ1v) is 5.52. The van der Waals surface area contributed by atoms with Crippen molar-refractivity contribution >= 4 is 23.4 Å². The van der Waals surface area contributed by atoms with Gasteiger partial charge in [0.15, 0.2) is 0 Å². The number of carbonyl (C=O) groups excluding carboxylic acids is 1. The van der Waals surface area contributed by atoms with Crippen LogP contribution < -0.4 is 10.6 Å². The summed E-state index contributed by atoms with van der Waals surface area (Å²) >= 11 is -0.186. The number of nitrogens with one attached hydrogen (secondary N) is 2. The third-order valence-electron chi connectivity index (χ3n) is 1.71. The monoisotopic (exact) mass is 264 g/mol. The number of rotatable bonds is 4. The number of benzene rings is 1. The highest BCUT2D eigenvalue weighted by Gasteiger charge is 2.28. The molecule has 1 aromatic rings. The molecule has 0 aromatic heterocycles. The van der Waals surface area contributed by atoms with E-state index in [0.717, 1.165) is 0 Å². The minimum absolute atomic E-state index is 0.0871. The summed E-state index contributed by atoms with van der Waals surface area (Å²) in [6.07, 6.45) is 0. The van der Waals surface area contributed by atoms with Crippen LogP contribution in [0.2, 0.25) is 0 Å². The Labute approximate surface area is 101 Å². The lowest BCUT2D eigenvalue weighted by molar-refractivity contribution is -0.115. The Morgan fingerprint density at radius 2 is 1.88 bits per heavy atom. The minimum atomic E-state index is -4.29. The second-order valence-electron chi connectivity index (χ2n) is 3.15. The van der Waals surface area contributed by atoms with Crippen molar-refractivity contribution < 1.29 is 18.0 Å². The van der Waals surface area contributed by atoms with Gasteiger partial charge in [0.25, 0.3) is 0 Å². The number of thioether (sulfide) groups is 1. The predicted molar refractivity (Wildman–Crippen MR) is 60.9 cm³/mol. The van der Waals surface area contributed by atoms with Gasteiger partial charge in [0.1, 0.15) is 0 Å². The zero-order valence-corrected chi connectivity index (χ0v) is 9.78. The van der Waals surface area contributed by atoms with Crippen molar-refractivity contribution in [3.05, 3.63) is 24.3 Å². The van der Waals surface area contributed by atoms with Gasteiger partial charge < -0.3 is 10.6 Å². The summed E-state index contributed by atoms with van der Waals surface area (Å²) in [5, 5.41) is 5.21. The second kappa shape index (κ2) is 5.92. The highest BCUT2D eigenvalue weighted by atomic mass is 32.2. The molecule has 3 nitrogen and oxygen atoms in total. The first-order chi connectivity index (χ1) is 7.90. The number of carbonyl (C=O) groups is 1. The van der Waals surface area contributed by atoms with E-state index in [1.165, 1.54) is 24.3 Å². The number of halogens is 3. The molecule has 0 unspecified atom stereocenters. The maximum Gasteiger partial charge on any atom is 0.446 e. The highest BCUT2D eigenvalue weighted by molar-refractivity contribution is 8.00. The number of amides is 1. The van der Waals surface area contributed by atoms with Crippen LogP contribution in [-0.4, -0.2) is 25.0 Å². The lowest BCUT2D eigenvalue weighted by atomic mass is 10.3. The van der Waals surface area contributed by atoms with Gasteiger partial charge in [0.2, 0.25) is 5.91 Å². The maximum atomic E-state index is 12.0. The Morgan fingerprint density at radius 1 is 1.29 bits per heavy atom. The molecule has 1 rings (SSSR count). The van der Waals surface area contributed by atoms with Gasteiger partial charge in [0, 0.05) is 10.6 Å². The van der Waals surface area contributed by atoms with Gasteiger partial charge in [-0.05, 0) is 43.1 Å². The molecule has 0 heterocycles. The van der Waals surface area contributed by atoms with Crippen LogP contribution in [0.4, 0.5) is 18.9 Å². The highest BCUT2D eigenvalue weighted by Crippen LogP contribution is 2.36. The third kappa shape index (κ3) is 5.60. The summed E-state index contributed by atoms with van der Waals surface area (Å²) < 4.78 is 36.1. The van der Waals surface area contributed by atoms with E-state index in [4.69, 9.17) is 0 Å². The second-order valence-corrected chi connectivity index (χ2v) is 4.29. The first-order valence-electron chi connectivity index (χ1n) is 4.71. The Hall–Kier alpha value is -1.21. The predicted octanol–water partition coefficient (Wildman–Crippen LogP) is 2.46. The number of hydrogen-bond acceptors (Lipinski definition) is 3. The fourth-order valence-corrected chi connectivity index (χ4v) is 1.65. The Kier molecular flexibility index (Phi) is 4.83. The molecule has 0 aliphatic heterocycles. The fourth-order valence-electron chi connectivity index (χ4n) is 1.11. The molecule has 0 atom stereocenters. The van der Waals surface area contributed by atoms with Crippen molar-refractivity contribution in [2.45, 2.75) is 10.4 Å². The molecule has 2 N–H and O–H groups in total. The van der Waals surface area contributed by atoms with E-state index in [9.17, 15) is 18.0 Å². The van der Waals surface area contributed by atoms with Crippen molar-refractivity contribution in [3.8, 4) is 0 Å². The van der Waals surface area contributed by atoms with E-state index in [1.54, 1.807) is 7.05 Å². The van der Waals surface area contributed by atoms with Crippen LogP contribution >= 0.6 is 11.8 Å². The van der Waals surface area contributed by atoms with Crippen LogP contribution in [0.25, 0.3) is 0 Å². The molecule has 94 valence electrons. The van der Waals surface area contributed by atoms with E-state index in [1.807, 2.05) is 0 Å². The number of anilines is 1. The first kappa shape index (κ1) is 13.9. The summed E-state index contributed by atoms with van der Waals surface area (Å²) in [6.45, 7) is 0.152. The summed E-state index contributed by atoms with van der Waals surface area (Å²) in [7, 11) is 1.63. The van der Waals surface area contributed by atoms with E-state index in [-0.39, 0.29) is 29.1 Å². The van der Waals surface area contributed by atoms with Crippen molar-refractivity contribution in [1.82, 2.24) is 5.32 Å². The molecule has 0 radical (unpaired) electrons. The van der Waals surface area contributed by atoms with Crippen LogP contribution in [0, 0.1) is 0 Å². The average Bonchev–Trinajstić information content (AvgIpc) is 2.19. The largest absolute Gasteiger partial charge is 0.446 e. The molecule has 1 amide bonds. The van der Waals surface area contributed by atoms with Crippen LogP contribution in [0.1, 0.15) is 0 Å². The molecule has 0 fully saturated rings. The maximum absolute atomic E-state index is 12.0. The quantitative estimate of drug-likeness (QED) is 0.821. The normalized spacial score (nSPS) is 11.3. The molecule has 0 bridgehead atoms. The summed E-state index contributed by atoms with van der Waals surface area (Å²) in [5.74, 6) is -0.247.